The first kappa shape index (κ1) is 31.1. The van der Waals surface area contributed by atoms with E-state index in [2.05, 4.69) is 55.4 Å². The highest BCUT2D eigenvalue weighted by Gasteiger charge is 2.48. The number of rotatable bonds is 7. The fraction of sp³-hybridized carbons (Fsp3) is 0.519. The van der Waals surface area contributed by atoms with E-state index in [1.807, 2.05) is 0 Å². The molecule has 11 nitrogen and oxygen atoms in total. The topological polar surface area (TPSA) is 144 Å². The molecular formula is C27H36ClFN5O6PSi. The SMILES string of the molecule is C=C1[C@H](CO[P@]2(=O)OCC[C@H](c3cccc(Cl)c3F)O2)[C@@H](O[Si](C)(C)C(C)(C)C)C[C@@H]1n1cnc2c(=O)[nH]c(N)nc21. The maximum absolute atomic E-state index is 14.7. The van der Waals surface area contributed by atoms with Crippen LogP contribution < -0.4 is 11.3 Å². The van der Waals surface area contributed by atoms with E-state index >= 15 is 0 Å². The van der Waals surface area contributed by atoms with Gasteiger partial charge < -0.3 is 14.7 Å². The van der Waals surface area contributed by atoms with Gasteiger partial charge in [-0.05, 0) is 36.2 Å². The third-order valence-corrected chi connectivity index (χ3v) is 14.7. The minimum Gasteiger partial charge on any atom is -0.413 e. The van der Waals surface area contributed by atoms with Crippen LogP contribution in [0, 0.1) is 11.7 Å². The molecule has 0 amide bonds. The van der Waals surface area contributed by atoms with Gasteiger partial charge in [-0.15, -0.1) is 0 Å². The van der Waals surface area contributed by atoms with Crippen LogP contribution in [-0.4, -0.2) is 47.2 Å². The highest BCUT2D eigenvalue weighted by molar-refractivity contribution is 7.48. The smallest absolute Gasteiger partial charge is 0.413 e. The second kappa shape index (κ2) is 11.3. The van der Waals surface area contributed by atoms with Gasteiger partial charge in [-0.1, -0.05) is 51.1 Å². The first-order valence-electron chi connectivity index (χ1n) is 13.7. The van der Waals surface area contributed by atoms with E-state index < -0.39 is 39.5 Å². The number of phosphoric acid groups is 1. The molecule has 0 spiro atoms. The summed E-state index contributed by atoms with van der Waals surface area (Å²) in [7, 11) is -6.36. The van der Waals surface area contributed by atoms with Crippen molar-refractivity contribution in [3.8, 4) is 0 Å². The molecule has 2 aromatic heterocycles. The van der Waals surface area contributed by atoms with E-state index in [1.54, 1.807) is 10.6 Å². The maximum Gasteiger partial charge on any atom is 0.475 e. The summed E-state index contributed by atoms with van der Waals surface area (Å²) in [5.74, 6) is -1.07. The molecule has 1 saturated heterocycles. The van der Waals surface area contributed by atoms with Crippen LogP contribution in [0.5, 0.6) is 0 Å². The van der Waals surface area contributed by atoms with Gasteiger partial charge in [0, 0.05) is 17.9 Å². The molecule has 3 N–H and O–H groups in total. The Kier molecular flexibility index (Phi) is 8.34. The van der Waals surface area contributed by atoms with Crippen molar-refractivity contribution in [1.29, 1.82) is 0 Å². The number of aromatic nitrogens is 4. The fourth-order valence-electron chi connectivity index (χ4n) is 5.12. The van der Waals surface area contributed by atoms with Crippen LogP contribution in [0.15, 0.2) is 41.5 Å². The minimum atomic E-state index is -4.08. The first-order valence-corrected chi connectivity index (χ1v) is 18.4. The molecular weight excluding hydrogens is 604 g/mol. The lowest BCUT2D eigenvalue weighted by Crippen LogP contribution is -2.45. The average molecular weight is 640 g/mol. The van der Waals surface area contributed by atoms with Gasteiger partial charge >= 0.3 is 7.82 Å². The summed E-state index contributed by atoms with van der Waals surface area (Å²) in [4.78, 5) is 23.4. The monoisotopic (exact) mass is 639 g/mol. The van der Waals surface area contributed by atoms with Crippen molar-refractivity contribution in [3.63, 3.8) is 0 Å². The molecule has 0 unspecified atom stereocenters. The van der Waals surface area contributed by atoms with Crippen LogP contribution in [-0.2, 0) is 22.6 Å². The van der Waals surface area contributed by atoms with Crippen LogP contribution in [0.3, 0.4) is 0 Å². The van der Waals surface area contributed by atoms with Crippen molar-refractivity contribution in [2.75, 3.05) is 18.9 Å². The summed E-state index contributed by atoms with van der Waals surface area (Å²) in [6.45, 7) is 15.1. The van der Waals surface area contributed by atoms with Crippen LogP contribution in [0.2, 0.25) is 23.2 Å². The third kappa shape index (κ3) is 5.88. The number of aromatic amines is 1. The number of fused-ring (bicyclic) bond motifs is 1. The molecule has 5 rings (SSSR count). The number of benzene rings is 1. The summed E-state index contributed by atoms with van der Waals surface area (Å²) in [6, 6.07) is 4.22. The van der Waals surface area contributed by atoms with Crippen LogP contribution in [0.1, 0.15) is 51.3 Å². The Morgan fingerprint density at radius 3 is 2.81 bits per heavy atom. The average Bonchev–Trinajstić information content (AvgIpc) is 3.44. The van der Waals surface area contributed by atoms with Crippen LogP contribution in [0.4, 0.5) is 10.3 Å². The number of nitrogen functional groups attached to an aromatic ring is 1. The second-order valence-electron chi connectivity index (χ2n) is 12.2. The zero-order chi connectivity index (χ0) is 30.6. The van der Waals surface area contributed by atoms with Gasteiger partial charge in [0.25, 0.3) is 5.56 Å². The summed E-state index contributed by atoms with van der Waals surface area (Å²) in [5, 5.41) is -0.137. The van der Waals surface area contributed by atoms with Gasteiger partial charge in [-0.25, -0.2) is 13.9 Å². The Morgan fingerprint density at radius 2 is 2.10 bits per heavy atom. The quantitative estimate of drug-likeness (QED) is 0.173. The standard InChI is InChI=1S/C27H36ClFN5O6PSi/c1-15-17(13-38-41(36)37-11-10-20(39-41)16-8-7-9-18(28)22(16)29)21(40-42(5,6)27(2,3)4)12-19(15)34-14-31-23-24(34)32-26(30)33-25(23)35/h7-9,14,17,19-21H,1,10-13H2,2-6H3,(H3,30,32,33,35)/t17-,19-,20+,21-,41-/m0/s1. The lowest BCUT2D eigenvalue weighted by atomic mass is 10.0. The molecule has 42 heavy (non-hydrogen) atoms. The summed E-state index contributed by atoms with van der Waals surface area (Å²) >= 11 is 5.96. The fourth-order valence-corrected chi connectivity index (χ4v) is 8.07. The number of phosphoric ester groups is 1. The number of nitrogens with one attached hydrogen (secondary N) is 1. The summed E-state index contributed by atoms with van der Waals surface area (Å²) < 4.78 is 54.0. The molecule has 2 aliphatic rings. The molecule has 1 aliphatic carbocycles. The van der Waals surface area contributed by atoms with Gasteiger partial charge in [0.15, 0.2) is 19.5 Å². The zero-order valence-corrected chi connectivity index (χ0v) is 26.9. The third-order valence-electron chi connectivity index (χ3n) is 8.47. The Morgan fingerprint density at radius 1 is 1.36 bits per heavy atom. The van der Waals surface area contributed by atoms with E-state index in [0.29, 0.717) is 12.1 Å². The largest absolute Gasteiger partial charge is 0.475 e. The van der Waals surface area contributed by atoms with Crippen molar-refractivity contribution in [3.05, 3.63) is 63.4 Å². The molecule has 1 saturated carbocycles. The number of nitrogens with zero attached hydrogens (tertiary/aromatic N) is 3. The number of halogens is 2. The lowest BCUT2D eigenvalue weighted by Gasteiger charge is -2.40. The summed E-state index contributed by atoms with van der Waals surface area (Å²) in [5.41, 5.74) is 6.78. The van der Waals surface area contributed by atoms with Gasteiger partial charge in [0.05, 0.1) is 42.8 Å². The molecule has 3 heterocycles. The van der Waals surface area contributed by atoms with E-state index in [9.17, 15) is 13.8 Å². The summed E-state index contributed by atoms with van der Waals surface area (Å²) in [6.07, 6.45) is 1.09. The van der Waals surface area contributed by atoms with E-state index in [1.165, 1.54) is 18.5 Å². The maximum atomic E-state index is 14.7. The van der Waals surface area contributed by atoms with E-state index in [4.69, 9.17) is 35.3 Å². The highest BCUT2D eigenvalue weighted by atomic mass is 35.5. The first-order chi connectivity index (χ1) is 19.6. The predicted octanol–water partition coefficient (Wildman–Crippen LogP) is 6.30. The van der Waals surface area contributed by atoms with Gasteiger partial charge in [-0.2, -0.15) is 4.98 Å². The number of H-pyrrole nitrogens is 1. The Hall–Kier alpha value is -2.38. The van der Waals surface area contributed by atoms with E-state index in [-0.39, 0.29) is 58.9 Å². The van der Waals surface area contributed by atoms with Crippen molar-refractivity contribution < 1.29 is 27.0 Å². The normalized spacial score (nSPS) is 27.2. The lowest BCUT2D eigenvalue weighted by molar-refractivity contribution is 0.0164. The molecule has 1 aromatic carbocycles. The van der Waals surface area contributed by atoms with Crippen molar-refractivity contribution in [2.45, 2.75) is 70.0 Å². The van der Waals surface area contributed by atoms with Gasteiger partial charge in [0.2, 0.25) is 5.95 Å². The molecule has 5 atom stereocenters. The molecule has 228 valence electrons. The number of hydrogen-bond acceptors (Lipinski definition) is 9. The number of imidazole rings is 1. The van der Waals surface area contributed by atoms with Crippen LogP contribution in [0.25, 0.3) is 11.2 Å². The van der Waals surface area contributed by atoms with Crippen molar-refractivity contribution in [2.24, 2.45) is 5.92 Å². The van der Waals surface area contributed by atoms with E-state index in [0.717, 1.165) is 5.57 Å². The Labute approximate surface area is 249 Å². The zero-order valence-electron chi connectivity index (χ0n) is 24.2. The van der Waals surface area contributed by atoms with Gasteiger partial charge in [0.1, 0.15) is 5.82 Å². The minimum absolute atomic E-state index is 0.0257. The van der Waals surface area contributed by atoms with Crippen LogP contribution >= 0.6 is 19.4 Å². The Bertz CT molecular complexity index is 1620. The molecule has 0 radical (unpaired) electrons. The number of anilines is 1. The highest BCUT2D eigenvalue weighted by Crippen LogP contribution is 2.58. The molecule has 1 aliphatic heterocycles. The molecule has 3 aromatic rings. The molecule has 0 bridgehead atoms. The van der Waals surface area contributed by atoms with Crippen molar-refractivity contribution >= 4 is 44.9 Å². The second-order valence-corrected chi connectivity index (χ2v) is 19.0. The van der Waals surface area contributed by atoms with Gasteiger partial charge in [-0.3, -0.25) is 23.3 Å². The molecule has 2 fully saturated rings. The molecule has 15 heteroatoms. The Balaban J connectivity index is 1.42. The number of nitrogens with two attached hydrogens (primary N) is 1. The number of hydrogen-bond donors (Lipinski definition) is 2. The van der Waals surface area contributed by atoms with Crippen molar-refractivity contribution in [1.82, 2.24) is 19.5 Å². The predicted molar refractivity (Wildman–Crippen MR) is 160 cm³/mol.